The molecule has 1 atom stereocenters. The Morgan fingerprint density at radius 2 is 1.76 bits per heavy atom. The highest BCUT2D eigenvalue weighted by Gasteiger charge is 1.99. The van der Waals surface area contributed by atoms with E-state index < -0.39 is 9.03 Å². The third-order valence-corrected chi connectivity index (χ3v) is 2.64. The van der Waals surface area contributed by atoms with Crippen LogP contribution in [0.15, 0.2) is 31.4 Å². The van der Waals surface area contributed by atoms with E-state index in [-0.39, 0.29) is 0 Å². The van der Waals surface area contributed by atoms with E-state index in [1.165, 1.54) is 0 Å². The predicted octanol–water partition coefficient (Wildman–Crippen LogP) is 0.320. The highest BCUT2D eigenvalue weighted by molar-refractivity contribution is 7.25. The first-order valence-electron chi connectivity index (χ1n) is 4.98. The van der Waals surface area contributed by atoms with Crippen molar-refractivity contribution in [3.8, 4) is 5.75 Å². The lowest BCUT2D eigenvalue weighted by Gasteiger charge is -2.04. The van der Waals surface area contributed by atoms with E-state index in [0.717, 1.165) is 20.9 Å². The van der Waals surface area contributed by atoms with Crippen LogP contribution in [0.4, 0.5) is 0 Å². The second kappa shape index (κ2) is 6.19. The monoisotopic (exact) mass is 246 g/mol. The molecule has 3 heteroatoms. The van der Waals surface area contributed by atoms with Gasteiger partial charge in [0.05, 0.1) is 0 Å². The van der Waals surface area contributed by atoms with Gasteiger partial charge in [-0.25, -0.2) is 0 Å². The van der Waals surface area contributed by atoms with Gasteiger partial charge in [-0.15, -0.1) is 0 Å². The molecule has 0 saturated carbocycles. The fourth-order valence-electron chi connectivity index (χ4n) is 1.50. The van der Waals surface area contributed by atoms with E-state index in [9.17, 15) is 0 Å². The molecule has 2 nitrogen and oxygen atoms in total. The smallest absolute Gasteiger partial charge is 0.212 e. The Hall–Kier alpha value is -1.63. The van der Waals surface area contributed by atoms with E-state index in [2.05, 4.69) is 26.3 Å². The van der Waals surface area contributed by atoms with Crippen LogP contribution in [0.3, 0.4) is 0 Å². The van der Waals surface area contributed by atoms with Crippen molar-refractivity contribution in [2.75, 3.05) is 0 Å². The zero-order valence-corrected chi connectivity index (χ0v) is 10.6. The van der Waals surface area contributed by atoms with Gasteiger partial charge >= 0.3 is 0 Å². The van der Waals surface area contributed by atoms with E-state index >= 15 is 0 Å². The Morgan fingerprint density at radius 1 is 1.12 bits per heavy atom. The molecular formula is C14H15O2P. The Balaban J connectivity index is 3.82. The molecule has 0 spiro atoms. The van der Waals surface area contributed by atoms with Gasteiger partial charge in [0.25, 0.3) is 0 Å². The minimum atomic E-state index is -0.615. The molecule has 0 radical (unpaired) electrons. The summed E-state index contributed by atoms with van der Waals surface area (Å²) in [5.41, 5.74) is 0. The normalized spacial score (nSPS) is 13.2. The van der Waals surface area contributed by atoms with Gasteiger partial charge < -0.3 is 9.42 Å². The van der Waals surface area contributed by atoms with Crippen LogP contribution >= 0.6 is 9.03 Å². The molecule has 0 fully saturated rings. The zero-order valence-electron chi connectivity index (χ0n) is 9.57. The molecule has 0 heterocycles. The molecule has 0 saturated heterocycles. The van der Waals surface area contributed by atoms with Crippen LogP contribution in [0.25, 0.3) is 25.3 Å². The molecule has 1 aromatic rings. The van der Waals surface area contributed by atoms with Gasteiger partial charge in [-0.05, 0) is 21.7 Å². The molecule has 17 heavy (non-hydrogen) atoms. The molecule has 0 aliphatic carbocycles. The van der Waals surface area contributed by atoms with Crippen molar-refractivity contribution in [1.29, 1.82) is 0 Å². The Kier molecular flexibility index (Phi) is 4.89. The predicted molar refractivity (Wildman–Crippen MR) is 76.5 cm³/mol. The number of rotatable bonds is 4. The third kappa shape index (κ3) is 2.94. The van der Waals surface area contributed by atoms with Crippen LogP contribution in [0.5, 0.6) is 5.75 Å². The number of benzene rings is 1. The van der Waals surface area contributed by atoms with E-state index in [1.807, 2.05) is 6.08 Å². The van der Waals surface area contributed by atoms with Crippen LogP contribution in [0.1, 0.15) is 0 Å². The highest BCUT2D eigenvalue weighted by Crippen LogP contribution is 2.08. The molecule has 88 valence electrons. The van der Waals surface area contributed by atoms with Crippen LogP contribution in [-0.4, -0.2) is 4.89 Å². The van der Waals surface area contributed by atoms with Crippen LogP contribution < -0.4 is 25.4 Å². The molecule has 0 aromatic heterocycles. The first-order valence-corrected chi connectivity index (χ1v) is 5.83. The van der Waals surface area contributed by atoms with Crippen molar-refractivity contribution < 1.29 is 9.42 Å². The van der Waals surface area contributed by atoms with Gasteiger partial charge in [0.1, 0.15) is 5.75 Å². The molecular weight excluding hydrogens is 231 g/mol. The van der Waals surface area contributed by atoms with Gasteiger partial charge in [0.2, 0.25) is 9.03 Å². The Labute approximate surface area is 102 Å². The molecule has 0 amide bonds. The molecule has 0 aliphatic rings. The van der Waals surface area contributed by atoms with E-state index in [1.54, 1.807) is 24.3 Å². The second-order valence-corrected chi connectivity index (χ2v) is 3.72. The van der Waals surface area contributed by atoms with Gasteiger partial charge in [-0.2, -0.15) is 0 Å². The number of hydrogen-bond donors (Lipinski definition) is 1. The van der Waals surface area contributed by atoms with E-state index in [4.69, 9.17) is 9.42 Å². The van der Waals surface area contributed by atoms with Gasteiger partial charge in [0.15, 0.2) is 0 Å². The van der Waals surface area contributed by atoms with Crippen molar-refractivity contribution in [3.63, 3.8) is 0 Å². The summed E-state index contributed by atoms with van der Waals surface area (Å²) in [7, 11) is -0.615. The summed E-state index contributed by atoms with van der Waals surface area (Å²) >= 11 is 0. The fraction of sp³-hybridized carbons (Fsp3) is 0. The van der Waals surface area contributed by atoms with Gasteiger partial charge in [-0.3, -0.25) is 0 Å². The third-order valence-electron chi connectivity index (χ3n) is 2.33. The molecule has 1 N–H and O–H groups in total. The number of hydrogen-bond acceptors (Lipinski definition) is 2. The second-order valence-electron chi connectivity index (χ2n) is 3.33. The average molecular weight is 246 g/mol. The van der Waals surface area contributed by atoms with Gasteiger partial charge in [0, 0.05) is 5.22 Å². The molecule has 0 aliphatic heterocycles. The van der Waals surface area contributed by atoms with Crippen molar-refractivity contribution in [2.45, 2.75) is 0 Å². The lowest BCUT2D eigenvalue weighted by atomic mass is 10.1. The minimum Gasteiger partial charge on any atom is -0.449 e. The van der Waals surface area contributed by atoms with Gasteiger partial charge in [-0.1, -0.05) is 50.6 Å². The summed E-state index contributed by atoms with van der Waals surface area (Å²) in [4.78, 5) is 8.89. The highest BCUT2D eigenvalue weighted by atomic mass is 31.1. The fourth-order valence-corrected chi connectivity index (χ4v) is 1.77. The van der Waals surface area contributed by atoms with Crippen LogP contribution in [-0.2, 0) is 0 Å². The maximum Gasteiger partial charge on any atom is 0.212 e. The first kappa shape index (κ1) is 13.4. The number of allylic oxidation sites excluding steroid dienone is 2. The van der Waals surface area contributed by atoms with Crippen molar-refractivity contribution in [3.05, 3.63) is 52.3 Å². The Morgan fingerprint density at radius 3 is 2.29 bits per heavy atom. The van der Waals surface area contributed by atoms with Crippen molar-refractivity contribution in [1.82, 2.24) is 0 Å². The average Bonchev–Trinajstić information content (AvgIpc) is 2.31. The standard InChI is InChI=1S/C14H15O2P/c1-5-7-12-9-14(16-17-15)13(8-6-2)11(4)10(12)3/h5-9,15,17H,1-4H2/b12-7-,13-8+. The van der Waals surface area contributed by atoms with E-state index in [0.29, 0.717) is 5.75 Å². The topological polar surface area (TPSA) is 29.5 Å². The lowest BCUT2D eigenvalue weighted by molar-refractivity contribution is 0.511. The summed E-state index contributed by atoms with van der Waals surface area (Å²) < 4.78 is 5.19. The first-order chi connectivity index (χ1) is 8.15. The van der Waals surface area contributed by atoms with Crippen molar-refractivity contribution >= 4 is 34.3 Å². The minimum absolute atomic E-state index is 0.566. The lowest BCUT2D eigenvalue weighted by Crippen LogP contribution is -2.46. The zero-order chi connectivity index (χ0) is 12.8. The molecule has 0 bridgehead atoms. The summed E-state index contributed by atoms with van der Waals surface area (Å²) in [5.74, 6) is 0.566. The van der Waals surface area contributed by atoms with Crippen LogP contribution in [0, 0.1) is 0 Å². The van der Waals surface area contributed by atoms with Crippen molar-refractivity contribution in [2.24, 2.45) is 0 Å². The molecule has 1 aromatic carbocycles. The Bertz CT molecular complexity index is 644. The summed E-state index contributed by atoms with van der Waals surface area (Å²) in [5, 5.41) is 3.23. The van der Waals surface area contributed by atoms with Crippen LogP contribution in [0.2, 0.25) is 0 Å². The summed E-state index contributed by atoms with van der Waals surface area (Å²) in [6.07, 6.45) is 6.92. The maximum atomic E-state index is 8.89. The SMILES string of the molecule is C=C/C=c1/cc(OPO)/c(=C/C=C)c(=C)c1=C. The maximum absolute atomic E-state index is 8.89. The largest absolute Gasteiger partial charge is 0.449 e. The molecule has 1 unspecified atom stereocenters. The summed E-state index contributed by atoms with van der Waals surface area (Å²) in [6.45, 7) is 15.2. The summed E-state index contributed by atoms with van der Waals surface area (Å²) in [6, 6.07) is 1.80. The quantitative estimate of drug-likeness (QED) is 0.775. The molecule has 1 rings (SSSR count).